The third-order valence-corrected chi connectivity index (χ3v) is 5.29. The lowest BCUT2D eigenvalue weighted by molar-refractivity contribution is -0.129. The number of aryl methyl sites for hydroxylation is 1. The van der Waals surface area contributed by atoms with Crippen molar-refractivity contribution in [2.24, 2.45) is 0 Å². The van der Waals surface area contributed by atoms with Crippen molar-refractivity contribution >= 4 is 17.7 Å². The van der Waals surface area contributed by atoms with Crippen LogP contribution in [0.3, 0.4) is 0 Å². The highest BCUT2D eigenvalue weighted by Gasteiger charge is 2.19. The van der Waals surface area contributed by atoms with Gasteiger partial charge in [0, 0.05) is 24.3 Å². The van der Waals surface area contributed by atoms with E-state index < -0.39 is 0 Å². The normalized spacial score (nSPS) is 10.9. The van der Waals surface area contributed by atoms with Crippen LogP contribution in [0.15, 0.2) is 59.8 Å². The molecule has 152 valence electrons. The molecule has 7 nitrogen and oxygen atoms in total. The van der Waals surface area contributed by atoms with Crippen molar-refractivity contribution in [1.29, 1.82) is 0 Å². The smallest absolute Gasteiger partial charge is 0.233 e. The number of para-hydroxylation sites is 1. The van der Waals surface area contributed by atoms with Crippen LogP contribution in [0.2, 0.25) is 0 Å². The molecule has 29 heavy (non-hydrogen) atoms. The summed E-state index contributed by atoms with van der Waals surface area (Å²) in [4.78, 5) is 13.9. The Labute approximate surface area is 174 Å². The number of carbonyl (C=O) groups is 1. The van der Waals surface area contributed by atoms with Gasteiger partial charge in [0.2, 0.25) is 5.91 Å². The number of carbonyl (C=O) groups excluding carboxylic acids is 1. The molecular formula is C21H24N4O3S. The topological polar surface area (TPSA) is 91.5 Å². The number of benzene rings is 2. The number of thioether (sulfide) groups is 1. The molecule has 0 aliphatic rings. The monoisotopic (exact) mass is 412 g/mol. The van der Waals surface area contributed by atoms with E-state index >= 15 is 0 Å². The first kappa shape index (κ1) is 21.0. The van der Waals surface area contributed by atoms with Crippen LogP contribution >= 0.6 is 11.8 Å². The summed E-state index contributed by atoms with van der Waals surface area (Å²) in [6.45, 7) is 2.13. The SMILES string of the molecule is Cc1ccc(-c2nnc(SCC(=O)N(CCO)CCO)n2-c2ccccc2)cc1. The highest BCUT2D eigenvalue weighted by atomic mass is 32.2. The fourth-order valence-electron chi connectivity index (χ4n) is 2.88. The Morgan fingerprint density at radius 1 is 1.00 bits per heavy atom. The van der Waals surface area contributed by atoms with E-state index in [1.807, 2.05) is 66.1 Å². The molecule has 3 aromatic rings. The first-order chi connectivity index (χ1) is 14.1. The van der Waals surface area contributed by atoms with Gasteiger partial charge in [-0.1, -0.05) is 59.8 Å². The third kappa shape index (κ3) is 5.23. The molecule has 2 aromatic carbocycles. The second kappa shape index (κ2) is 10.2. The van der Waals surface area contributed by atoms with Gasteiger partial charge in [-0.25, -0.2) is 0 Å². The summed E-state index contributed by atoms with van der Waals surface area (Å²) in [7, 11) is 0. The minimum Gasteiger partial charge on any atom is -0.395 e. The Morgan fingerprint density at radius 3 is 2.28 bits per heavy atom. The predicted molar refractivity (Wildman–Crippen MR) is 113 cm³/mol. The van der Waals surface area contributed by atoms with Gasteiger partial charge in [0.05, 0.1) is 19.0 Å². The molecule has 1 amide bonds. The number of aromatic nitrogens is 3. The molecule has 3 rings (SSSR count). The molecule has 2 N–H and O–H groups in total. The fourth-order valence-corrected chi connectivity index (χ4v) is 3.74. The average Bonchev–Trinajstić information content (AvgIpc) is 3.17. The molecular weight excluding hydrogens is 388 g/mol. The number of aliphatic hydroxyl groups excluding tert-OH is 2. The Kier molecular flexibility index (Phi) is 7.40. The Morgan fingerprint density at radius 2 is 1.66 bits per heavy atom. The predicted octanol–water partition coefficient (Wildman–Crippen LogP) is 2.15. The van der Waals surface area contributed by atoms with Crippen molar-refractivity contribution in [3.8, 4) is 17.1 Å². The van der Waals surface area contributed by atoms with E-state index in [4.69, 9.17) is 10.2 Å². The van der Waals surface area contributed by atoms with Crippen molar-refractivity contribution in [2.75, 3.05) is 32.1 Å². The van der Waals surface area contributed by atoms with Gasteiger partial charge in [-0.15, -0.1) is 10.2 Å². The van der Waals surface area contributed by atoms with Gasteiger partial charge in [0.15, 0.2) is 11.0 Å². The third-order valence-electron chi connectivity index (χ3n) is 4.37. The molecule has 0 saturated heterocycles. The van der Waals surface area contributed by atoms with E-state index in [0.717, 1.165) is 16.8 Å². The number of hydrogen-bond acceptors (Lipinski definition) is 6. The molecule has 1 aromatic heterocycles. The Hall–Kier alpha value is -2.68. The summed E-state index contributed by atoms with van der Waals surface area (Å²) in [5, 5.41) is 27.6. The summed E-state index contributed by atoms with van der Waals surface area (Å²) in [5.74, 6) is 0.671. The summed E-state index contributed by atoms with van der Waals surface area (Å²) in [6, 6.07) is 17.8. The van der Waals surface area contributed by atoms with Crippen LogP contribution in [0.5, 0.6) is 0 Å². The first-order valence-electron chi connectivity index (χ1n) is 9.34. The number of hydrogen-bond donors (Lipinski definition) is 2. The van der Waals surface area contributed by atoms with E-state index in [2.05, 4.69) is 10.2 Å². The molecule has 0 spiro atoms. The first-order valence-corrected chi connectivity index (χ1v) is 10.3. The highest BCUT2D eigenvalue weighted by molar-refractivity contribution is 7.99. The van der Waals surface area contributed by atoms with Crippen molar-refractivity contribution in [3.05, 3.63) is 60.2 Å². The molecule has 0 aliphatic heterocycles. The second-order valence-electron chi connectivity index (χ2n) is 6.46. The maximum atomic E-state index is 12.5. The van der Waals surface area contributed by atoms with E-state index in [1.54, 1.807) is 0 Å². The fraction of sp³-hybridized carbons (Fsp3) is 0.286. The maximum absolute atomic E-state index is 12.5. The van der Waals surface area contributed by atoms with Gasteiger partial charge in [-0.2, -0.15) is 0 Å². The van der Waals surface area contributed by atoms with E-state index in [9.17, 15) is 4.79 Å². The van der Waals surface area contributed by atoms with Crippen molar-refractivity contribution in [2.45, 2.75) is 12.1 Å². The summed E-state index contributed by atoms with van der Waals surface area (Å²) < 4.78 is 1.94. The molecule has 0 aliphatic carbocycles. The highest BCUT2D eigenvalue weighted by Crippen LogP contribution is 2.28. The molecule has 0 fully saturated rings. The van der Waals surface area contributed by atoms with E-state index in [0.29, 0.717) is 11.0 Å². The lowest BCUT2D eigenvalue weighted by atomic mass is 10.1. The number of amides is 1. The van der Waals surface area contributed by atoms with Crippen molar-refractivity contribution < 1.29 is 15.0 Å². The van der Waals surface area contributed by atoms with Crippen LogP contribution in [-0.2, 0) is 4.79 Å². The Bertz CT molecular complexity index is 923. The van der Waals surface area contributed by atoms with Crippen LogP contribution < -0.4 is 0 Å². The zero-order valence-electron chi connectivity index (χ0n) is 16.2. The standard InChI is InChI=1S/C21H24N4O3S/c1-16-7-9-17(10-8-16)20-22-23-21(25(20)18-5-3-2-4-6-18)29-15-19(28)24(11-13-26)12-14-27/h2-10,26-27H,11-15H2,1H3. The summed E-state index contributed by atoms with van der Waals surface area (Å²) in [5.41, 5.74) is 3.01. The number of rotatable bonds is 9. The number of nitrogens with zero attached hydrogens (tertiary/aromatic N) is 4. The second-order valence-corrected chi connectivity index (χ2v) is 7.40. The van der Waals surface area contributed by atoms with E-state index in [1.165, 1.54) is 16.7 Å². The molecule has 0 bridgehead atoms. The lowest BCUT2D eigenvalue weighted by Gasteiger charge is -2.20. The van der Waals surface area contributed by atoms with Crippen molar-refractivity contribution in [3.63, 3.8) is 0 Å². The minimum absolute atomic E-state index is 0.138. The van der Waals surface area contributed by atoms with E-state index in [-0.39, 0.29) is 38.0 Å². The van der Waals surface area contributed by atoms with Crippen LogP contribution in [0.25, 0.3) is 17.1 Å². The van der Waals surface area contributed by atoms with Crippen LogP contribution in [0.4, 0.5) is 0 Å². The maximum Gasteiger partial charge on any atom is 0.233 e. The van der Waals surface area contributed by atoms with Crippen LogP contribution in [0, 0.1) is 6.92 Å². The van der Waals surface area contributed by atoms with Crippen LogP contribution in [-0.4, -0.2) is 67.8 Å². The Balaban J connectivity index is 1.89. The minimum atomic E-state index is -0.169. The number of aliphatic hydroxyl groups is 2. The molecule has 8 heteroatoms. The zero-order valence-corrected chi connectivity index (χ0v) is 17.0. The molecule has 0 atom stereocenters. The van der Waals surface area contributed by atoms with Crippen molar-refractivity contribution in [1.82, 2.24) is 19.7 Å². The summed E-state index contributed by atoms with van der Waals surface area (Å²) >= 11 is 1.28. The van der Waals surface area contributed by atoms with Gasteiger partial charge in [0.25, 0.3) is 0 Å². The quantitative estimate of drug-likeness (QED) is 0.523. The zero-order chi connectivity index (χ0) is 20.6. The molecule has 1 heterocycles. The van der Waals surface area contributed by atoms with Gasteiger partial charge in [-0.05, 0) is 19.1 Å². The summed E-state index contributed by atoms with van der Waals surface area (Å²) in [6.07, 6.45) is 0. The molecule has 0 saturated carbocycles. The molecule has 0 radical (unpaired) electrons. The van der Waals surface area contributed by atoms with Gasteiger partial charge in [0.1, 0.15) is 0 Å². The van der Waals surface area contributed by atoms with Crippen LogP contribution in [0.1, 0.15) is 5.56 Å². The van der Waals surface area contributed by atoms with Gasteiger partial charge < -0.3 is 15.1 Å². The average molecular weight is 413 g/mol. The largest absolute Gasteiger partial charge is 0.395 e. The van der Waals surface area contributed by atoms with Gasteiger partial charge in [-0.3, -0.25) is 9.36 Å². The molecule has 0 unspecified atom stereocenters. The van der Waals surface area contributed by atoms with Gasteiger partial charge >= 0.3 is 0 Å². The lowest BCUT2D eigenvalue weighted by Crippen LogP contribution is -2.37.